The summed E-state index contributed by atoms with van der Waals surface area (Å²) in [5, 5.41) is 5.96. The first-order chi connectivity index (χ1) is 14.0. The second-order valence-electron chi connectivity index (χ2n) is 7.75. The van der Waals surface area contributed by atoms with E-state index in [-0.39, 0.29) is 30.3 Å². The summed E-state index contributed by atoms with van der Waals surface area (Å²) >= 11 is 0. The summed E-state index contributed by atoms with van der Waals surface area (Å²) in [6.07, 6.45) is 4.94. The van der Waals surface area contributed by atoms with Crippen LogP contribution in [0.2, 0.25) is 0 Å². The molecule has 2 unspecified atom stereocenters. The Bertz CT molecular complexity index is 861. The molecule has 0 bridgehead atoms. The highest BCUT2D eigenvalue weighted by Gasteiger charge is 2.19. The number of fused-ring (bicyclic) bond motifs is 1. The van der Waals surface area contributed by atoms with Crippen molar-refractivity contribution in [1.29, 1.82) is 0 Å². The van der Waals surface area contributed by atoms with Crippen molar-refractivity contribution in [3.8, 4) is 5.75 Å². The molecule has 29 heavy (non-hydrogen) atoms. The van der Waals surface area contributed by atoms with Gasteiger partial charge in [-0.05, 0) is 67.0 Å². The second kappa shape index (κ2) is 9.59. The smallest absolute Gasteiger partial charge is 0.222 e. The van der Waals surface area contributed by atoms with E-state index in [1.165, 1.54) is 30.9 Å². The fraction of sp³-hybridized carbons (Fsp3) is 0.417. The maximum atomic E-state index is 12.7. The van der Waals surface area contributed by atoms with Gasteiger partial charge in [0, 0.05) is 6.92 Å². The molecule has 1 aliphatic carbocycles. The first kappa shape index (κ1) is 20.9. The predicted octanol–water partition coefficient (Wildman–Crippen LogP) is 4.02. The number of amides is 2. The summed E-state index contributed by atoms with van der Waals surface area (Å²) < 4.78 is 5.19. The van der Waals surface area contributed by atoms with Crippen LogP contribution in [0.15, 0.2) is 42.5 Å². The molecule has 0 radical (unpaired) electrons. The van der Waals surface area contributed by atoms with Gasteiger partial charge in [0.1, 0.15) is 5.75 Å². The standard InChI is InChI=1S/C24H30N2O3/c1-16(20-9-8-18-6-4-5-7-21(18)14-20)25-24(28)15-23(26-17(2)27)19-10-12-22(29-3)13-11-19/h8-14,16,23H,4-7,15H2,1-3H3,(H,25,28)(H,26,27). The zero-order valence-electron chi connectivity index (χ0n) is 17.5. The first-order valence-corrected chi connectivity index (χ1v) is 10.3. The van der Waals surface area contributed by atoms with Crippen LogP contribution in [0.5, 0.6) is 5.75 Å². The van der Waals surface area contributed by atoms with Crippen molar-refractivity contribution in [3.63, 3.8) is 0 Å². The third-order valence-electron chi connectivity index (χ3n) is 5.54. The van der Waals surface area contributed by atoms with Crippen molar-refractivity contribution >= 4 is 11.8 Å². The third-order valence-corrected chi connectivity index (χ3v) is 5.54. The lowest BCUT2D eigenvalue weighted by Gasteiger charge is -2.22. The quantitative estimate of drug-likeness (QED) is 0.745. The molecule has 0 aliphatic heterocycles. The van der Waals surface area contributed by atoms with E-state index >= 15 is 0 Å². The molecule has 2 aromatic rings. The molecule has 2 N–H and O–H groups in total. The van der Waals surface area contributed by atoms with Gasteiger partial charge in [-0.2, -0.15) is 0 Å². The Morgan fingerprint density at radius 1 is 0.966 bits per heavy atom. The van der Waals surface area contributed by atoms with Gasteiger partial charge in [-0.15, -0.1) is 0 Å². The molecular formula is C24H30N2O3. The predicted molar refractivity (Wildman–Crippen MR) is 114 cm³/mol. The van der Waals surface area contributed by atoms with Crippen molar-refractivity contribution in [2.75, 3.05) is 7.11 Å². The van der Waals surface area contributed by atoms with E-state index in [0.717, 1.165) is 29.7 Å². The van der Waals surface area contributed by atoms with E-state index in [0.29, 0.717) is 0 Å². The molecule has 154 valence electrons. The minimum absolute atomic E-state index is 0.0800. The molecule has 0 saturated heterocycles. The topological polar surface area (TPSA) is 67.4 Å². The largest absolute Gasteiger partial charge is 0.497 e. The Morgan fingerprint density at radius 3 is 2.28 bits per heavy atom. The summed E-state index contributed by atoms with van der Waals surface area (Å²) in [5.41, 5.74) is 4.84. The van der Waals surface area contributed by atoms with Crippen LogP contribution in [0.3, 0.4) is 0 Å². The average Bonchev–Trinajstić information content (AvgIpc) is 2.72. The Balaban J connectivity index is 1.66. The number of methoxy groups -OCH3 is 1. The lowest BCUT2D eigenvalue weighted by molar-refractivity contribution is -0.123. The van der Waals surface area contributed by atoms with Crippen LogP contribution in [0.4, 0.5) is 0 Å². The van der Waals surface area contributed by atoms with Crippen molar-refractivity contribution < 1.29 is 14.3 Å². The maximum absolute atomic E-state index is 12.7. The zero-order chi connectivity index (χ0) is 20.8. The number of aryl methyl sites for hydroxylation is 2. The number of hydrogen-bond donors (Lipinski definition) is 2. The zero-order valence-corrected chi connectivity index (χ0v) is 17.5. The Kier molecular flexibility index (Phi) is 6.91. The van der Waals surface area contributed by atoms with Crippen LogP contribution < -0.4 is 15.4 Å². The molecular weight excluding hydrogens is 364 g/mol. The van der Waals surface area contributed by atoms with Crippen molar-refractivity contribution in [2.24, 2.45) is 0 Å². The summed E-state index contributed by atoms with van der Waals surface area (Å²) in [5.74, 6) is 0.479. The van der Waals surface area contributed by atoms with Crippen LogP contribution in [0, 0.1) is 0 Å². The highest BCUT2D eigenvalue weighted by Crippen LogP contribution is 2.25. The van der Waals surface area contributed by atoms with Crippen molar-refractivity contribution in [1.82, 2.24) is 10.6 Å². The highest BCUT2D eigenvalue weighted by atomic mass is 16.5. The van der Waals surface area contributed by atoms with Crippen LogP contribution in [0.25, 0.3) is 0 Å². The monoisotopic (exact) mass is 394 g/mol. The lowest BCUT2D eigenvalue weighted by Crippen LogP contribution is -2.33. The van der Waals surface area contributed by atoms with Gasteiger partial charge in [0.25, 0.3) is 0 Å². The summed E-state index contributed by atoms with van der Waals surface area (Å²) in [6, 6.07) is 13.5. The molecule has 0 saturated carbocycles. The molecule has 5 nitrogen and oxygen atoms in total. The Hall–Kier alpha value is -2.82. The van der Waals surface area contributed by atoms with Gasteiger partial charge in [0.15, 0.2) is 0 Å². The minimum atomic E-state index is -0.380. The van der Waals surface area contributed by atoms with Crippen molar-refractivity contribution in [3.05, 3.63) is 64.7 Å². The molecule has 2 aromatic carbocycles. The van der Waals surface area contributed by atoms with Gasteiger partial charge in [-0.1, -0.05) is 30.3 Å². The van der Waals surface area contributed by atoms with Gasteiger partial charge in [0.2, 0.25) is 11.8 Å². The second-order valence-corrected chi connectivity index (χ2v) is 7.75. The average molecular weight is 395 g/mol. The van der Waals surface area contributed by atoms with Gasteiger partial charge in [-0.3, -0.25) is 9.59 Å². The Labute approximate surface area is 172 Å². The van der Waals surface area contributed by atoms with Gasteiger partial charge in [0.05, 0.1) is 25.6 Å². The van der Waals surface area contributed by atoms with Crippen LogP contribution in [-0.4, -0.2) is 18.9 Å². The van der Waals surface area contributed by atoms with E-state index in [4.69, 9.17) is 4.74 Å². The van der Waals surface area contributed by atoms with Crippen LogP contribution in [-0.2, 0) is 22.4 Å². The fourth-order valence-corrected chi connectivity index (χ4v) is 3.93. The number of ether oxygens (including phenoxy) is 1. The summed E-state index contributed by atoms with van der Waals surface area (Å²) in [4.78, 5) is 24.4. The number of nitrogens with one attached hydrogen (secondary N) is 2. The minimum Gasteiger partial charge on any atom is -0.497 e. The van der Waals surface area contributed by atoms with Gasteiger partial charge < -0.3 is 15.4 Å². The van der Waals surface area contributed by atoms with Crippen LogP contribution >= 0.6 is 0 Å². The number of hydrogen-bond acceptors (Lipinski definition) is 3. The molecule has 0 fully saturated rings. The molecule has 0 spiro atoms. The van der Waals surface area contributed by atoms with E-state index < -0.39 is 0 Å². The summed E-state index contributed by atoms with van der Waals surface area (Å²) in [7, 11) is 1.61. The molecule has 0 heterocycles. The number of carbonyl (C=O) groups excluding carboxylic acids is 2. The Morgan fingerprint density at radius 2 is 1.62 bits per heavy atom. The molecule has 3 rings (SSSR count). The summed E-state index contributed by atoms with van der Waals surface area (Å²) in [6.45, 7) is 3.47. The third kappa shape index (κ3) is 5.59. The molecule has 2 atom stereocenters. The highest BCUT2D eigenvalue weighted by molar-refractivity contribution is 5.79. The molecule has 1 aliphatic rings. The molecule has 0 aromatic heterocycles. The maximum Gasteiger partial charge on any atom is 0.222 e. The van der Waals surface area contributed by atoms with E-state index in [1.54, 1.807) is 7.11 Å². The van der Waals surface area contributed by atoms with E-state index in [1.807, 2.05) is 31.2 Å². The number of rotatable bonds is 7. The first-order valence-electron chi connectivity index (χ1n) is 10.3. The van der Waals surface area contributed by atoms with Crippen molar-refractivity contribution in [2.45, 2.75) is 58.0 Å². The van der Waals surface area contributed by atoms with Gasteiger partial charge >= 0.3 is 0 Å². The van der Waals surface area contributed by atoms with E-state index in [9.17, 15) is 9.59 Å². The normalized spacial score (nSPS) is 15.0. The number of benzene rings is 2. The number of carbonyl (C=O) groups is 2. The van der Waals surface area contributed by atoms with Crippen LogP contribution in [0.1, 0.15) is 67.4 Å². The van der Waals surface area contributed by atoms with Gasteiger partial charge in [-0.25, -0.2) is 0 Å². The van der Waals surface area contributed by atoms with E-state index in [2.05, 4.69) is 28.8 Å². The lowest BCUT2D eigenvalue weighted by atomic mass is 9.89. The fourth-order valence-electron chi connectivity index (χ4n) is 3.93. The SMILES string of the molecule is COc1ccc(C(CC(=O)NC(C)c2ccc3c(c2)CCCC3)NC(C)=O)cc1. The molecule has 2 amide bonds. The molecule has 5 heteroatoms.